The number of carboxylic acids is 1. The van der Waals surface area contributed by atoms with Gasteiger partial charge in [-0.05, 0) is 18.3 Å². The highest BCUT2D eigenvalue weighted by atomic mass is 16.4. The third-order valence-corrected chi connectivity index (χ3v) is 4.18. The van der Waals surface area contributed by atoms with Crippen molar-refractivity contribution in [2.45, 2.75) is 40.0 Å². The molecule has 0 radical (unpaired) electrons. The summed E-state index contributed by atoms with van der Waals surface area (Å²) in [5.74, 6) is 0.966. The predicted octanol–water partition coefficient (Wildman–Crippen LogP) is 2.78. The highest BCUT2D eigenvalue weighted by molar-refractivity contribution is 5.92. The number of nitrogens with zero attached hydrogens (tertiary/aromatic N) is 3. The topological polar surface area (TPSA) is 66.3 Å². The minimum atomic E-state index is -0.976. The normalized spacial score (nSPS) is 23.1. The first-order chi connectivity index (χ1) is 9.40. The Morgan fingerprint density at radius 2 is 2.10 bits per heavy atom. The quantitative estimate of drug-likeness (QED) is 0.920. The molecular formula is C15H23N3O2. The number of anilines is 1. The van der Waals surface area contributed by atoms with Crippen molar-refractivity contribution in [3.63, 3.8) is 0 Å². The highest BCUT2D eigenvalue weighted by Gasteiger charge is 2.27. The molecule has 0 spiro atoms. The summed E-state index contributed by atoms with van der Waals surface area (Å²) in [6.45, 7) is 10.1. The molecule has 1 aromatic rings. The molecule has 0 aliphatic carbocycles. The molecule has 0 saturated carbocycles. The van der Waals surface area contributed by atoms with Crippen LogP contribution in [0.1, 0.15) is 56.3 Å². The first-order valence-corrected chi connectivity index (χ1v) is 7.25. The number of piperidine rings is 1. The number of hydrogen-bond donors (Lipinski definition) is 1. The van der Waals surface area contributed by atoms with Crippen molar-refractivity contribution in [3.8, 4) is 0 Å². The standard InChI is InChI=1S/C15H23N3O2/c1-9(2)14-16-7-12(13(17-14)15(19)20)18-6-5-10(3)11(4)8-18/h7,9-11H,5-6,8H2,1-4H3,(H,19,20). The van der Waals surface area contributed by atoms with Crippen LogP contribution in [0.25, 0.3) is 0 Å². The van der Waals surface area contributed by atoms with Gasteiger partial charge in [0.25, 0.3) is 0 Å². The largest absolute Gasteiger partial charge is 0.476 e. The summed E-state index contributed by atoms with van der Waals surface area (Å²) in [6.07, 6.45) is 2.75. The molecule has 2 atom stereocenters. The molecule has 1 aromatic heterocycles. The number of rotatable bonds is 3. The Kier molecular flexibility index (Phi) is 4.26. The van der Waals surface area contributed by atoms with E-state index in [1.54, 1.807) is 6.20 Å². The molecule has 1 aliphatic heterocycles. The summed E-state index contributed by atoms with van der Waals surface area (Å²) >= 11 is 0. The van der Waals surface area contributed by atoms with Gasteiger partial charge in [-0.1, -0.05) is 27.7 Å². The molecule has 110 valence electrons. The smallest absolute Gasteiger partial charge is 0.356 e. The molecule has 1 fully saturated rings. The number of carbonyl (C=O) groups is 1. The fourth-order valence-electron chi connectivity index (χ4n) is 2.54. The van der Waals surface area contributed by atoms with E-state index in [2.05, 4.69) is 28.7 Å². The molecule has 0 aromatic carbocycles. The zero-order valence-electron chi connectivity index (χ0n) is 12.6. The highest BCUT2D eigenvalue weighted by Crippen LogP contribution is 2.28. The Morgan fingerprint density at radius 3 is 2.65 bits per heavy atom. The van der Waals surface area contributed by atoms with Crippen LogP contribution in [0.15, 0.2) is 6.20 Å². The van der Waals surface area contributed by atoms with Crippen LogP contribution in [0.2, 0.25) is 0 Å². The van der Waals surface area contributed by atoms with Crippen LogP contribution in [0.5, 0.6) is 0 Å². The second-order valence-corrected chi connectivity index (χ2v) is 6.11. The number of hydrogen-bond acceptors (Lipinski definition) is 4. The summed E-state index contributed by atoms with van der Waals surface area (Å²) in [5.41, 5.74) is 0.783. The van der Waals surface area contributed by atoms with E-state index < -0.39 is 5.97 Å². The average Bonchev–Trinajstić information content (AvgIpc) is 2.41. The number of aromatic nitrogens is 2. The van der Waals surface area contributed by atoms with Gasteiger partial charge in [-0.3, -0.25) is 0 Å². The van der Waals surface area contributed by atoms with Crippen molar-refractivity contribution in [1.82, 2.24) is 9.97 Å². The van der Waals surface area contributed by atoms with Gasteiger partial charge in [0, 0.05) is 19.0 Å². The Balaban J connectivity index is 2.33. The molecule has 2 heterocycles. The number of carboxylic acid groups (broad SMARTS) is 1. The maximum Gasteiger partial charge on any atom is 0.356 e. The minimum Gasteiger partial charge on any atom is -0.476 e. The first kappa shape index (κ1) is 14.8. The van der Waals surface area contributed by atoms with Crippen LogP contribution < -0.4 is 4.90 Å². The Morgan fingerprint density at radius 1 is 1.40 bits per heavy atom. The van der Waals surface area contributed by atoms with Gasteiger partial charge in [0.1, 0.15) is 5.82 Å². The molecule has 2 unspecified atom stereocenters. The summed E-state index contributed by atoms with van der Waals surface area (Å²) in [5, 5.41) is 9.40. The van der Waals surface area contributed by atoms with Gasteiger partial charge in [0.15, 0.2) is 5.69 Å². The Bertz CT molecular complexity index is 502. The molecule has 0 bridgehead atoms. The van der Waals surface area contributed by atoms with Crippen LogP contribution in [0.4, 0.5) is 5.69 Å². The van der Waals surface area contributed by atoms with Crippen LogP contribution >= 0.6 is 0 Å². The lowest BCUT2D eigenvalue weighted by molar-refractivity contribution is 0.0690. The van der Waals surface area contributed by atoms with E-state index >= 15 is 0 Å². The zero-order chi connectivity index (χ0) is 14.9. The van der Waals surface area contributed by atoms with Crippen LogP contribution in [0.3, 0.4) is 0 Å². The van der Waals surface area contributed by atoms with Crippen LogP contribution in [-0.4, -0.2) is 34.1 Å². The second-order valence-electron chi connectivity index (χ2n) is 6.11. The van der Waals surface area contributed by atoms with Gasteiger partial charge < -0.3 is 10.0 Å². The summed E-state index contributed by atoms with van der Waals surface area (Å²) in [7, 11) is 0. The first-order valence-electron chi connectivity index (χ1n) is 7.25. The van der Waals surface area contributed by atoms with Crippen LogP contribution in [0, 0.1) is 11.8 Å². The molecule has 1 N–H and O–H groups in total. The van der Waals surface area contributed by atoms with Gasteiger partial charge in [-0.25, -0.2) is 14.8 Å². The molecule has 5 heteroatoms. The van der Waals surface area contributed by atoms with E-state index in [0.717, 1.165) is 19.5 Å². The average molecular weight is 277 g/mol. The van der Waals surface area contributed by atoms with Crippen molar-refractivity contribution in [3.05, 3.63) is 17.7 Å². The van der Waals surface area contributed by atoms with E-state index in [0.29, 0.717) is 23.3 Å². The van der Waals surface area contributed by atoms with E-state index in [9.17, 15) is 9.90 Å². The predicted molar refractivity (Wildman–Crippen MR) is 78.2 cm³/mol. The summed E-state index contributed by atoms with van der Waals surface area (Å²) in [4.78, 5) is 22.1. The van der Waals surface area contributed by atoms with Crippen molar-refractivity contribution >= 4 is 11.7 Å². The molecule has 1 saturated heterocycles. The van der Waals surface area contributed by atoms with Gasteiger partial charge in [0.2, 0.25) is 0 Å². The molecule has 1 aliphatic rings. The van der Waals surface area contributed by atoms with Gasteiger partial charge in [-0.15, -0.1) is 0 Å². The third-order valence-electron chi connectivity index (χ3n) is 4.18. The molecule has 0 amide bonds. The maximum atomic E-state index is 11.5. The van der Waals surface area contributed by atoms with Crippen molar-refractivity contribution < 1.29 is 9.90 Å². The molecular weight excluding hydrogens is 254 g/mol. The van der Waals surface area contributed by atoms with Gasteiger partial charge in [0.05, 0.1) is 11.9 Å². The molecule has 2 rings (SSSR count). The minimum absolute atomic E-state index is 0.127. The third kappa shape index (κ3) is 2.92. The van der Waals surface area contributed by atoms with Crippen LogP contribution in [-0.2, 0) is 0 Å². The van der Waals surface area contributed by atoms with E-state index in [-0.39, 0.29) is 11.6 Å². The lowest BCUT2D eigenvalue weighted by atomic mass is 9.88. The second kappa shape index (κ2) is 5.77. The SMILES string of the molecule is CC(C)c1ncc(N2CCC(C)C(C)C2)c(C(=O)O)n1. The van der Waals surface area contributed by atoms with Gasteiger partial charge in [-0.2, -0.15) is 0 Å². The van der Waals surface area contributed by atoms with E-state index in [1.165, 1.54) is 0 Å². The molecule has 20 heavy (non-hydrogen) atoms. The van der Waals surface area contributed by atoms with Crippen molar-refractivity contribution in [2.24, 2.45) is 11.8 Å². The molecule has 5 nitrogen and oxygen atoms in total. The zero-order valence-corrected chi connectivity index (χ0v) is 12.6. The van der Waals surface area contributed by atoms with Crippen molar-refractivity contribution in [2.75, 3.05) is 18.0 Å². The monoisotopic (exact) mass is 277 g/mol. The fraction of sp³-hybridized carbons (Fsp3) is 0.667. The lowest BCUT2D eigenvalue weighted by Crippen LogP contribution is -2.39. The maximum absolute atomic E-state index is 11.5. The Hall–Kier alpha value is -1.65. The Labute approximate surface area is 120 Å². The van der Waals surface area contributed by atoms with E-state index in [4.69, 9.17) is 0 Å². The fourth-order valence-corrected chi connectivity index (χ4v) is 2.54. The summed E-state index contributed by atoms with van der Waals surface area (Å²) < 4.78 is 0. The summed E-state index contributed by atoms with van der Waals surface area (Å²) in [6, 6.07) is 0. The lowest BCUT2D eigenvalue weighted by Gasteiger charge is -2.37. The van der Waals surface area contributed by atoms with E-state index in [1.807, 2.05) is 13.8 Å². The number of aromatic carboxylic acids is 1. The van der Waals surface area contributed by atoms with Crippen molar-refractivity contribution in [1.29, 1.82) is 0 Å². The van der Waals surface area contributed by atoms with Gasteiger partial charge >= 0.3 is 5.97 Å².